The molecule has 6 nitrogen and oxygen atoms in total. The molecule has 1 heterocycles. The number of rotatable bonds is 5. The highest BCUT2D eigenvalue weighted by atomic mass is 35.5. The van der Waals surface area contributed by atoms with Crippen LogP contribution < -0.4 is 5.43 Å². The number of hydrogen-bond acceptors (Lipinski definition) is 5. The average Bonchev–Trinajstić information content (AvgIpc) is 2.75. The topological polar surface area (TPSA) is 75.7 Å². The van der Waals surface area contributed by atoms with Crippen LogP contribution in [0.2, 0.25) is 5.02 Å². The number of hydrogen-bond donors (Lipinski definition) is 1. The van der Waals surface area contributed by atoms with Gasteiger partial charge < -0.3 is 4.74 Å². The third-order valence-corrected chi connectivity index (χ3v) is 3.87. The van der Waals surface area contributed by atoms with Crippen LogP contribution >= 0.6 is 23.4 Å². The van der Waals surface area contributed by atoms with Crippen molar-refractivity contribution in [2.45, 2.75) is 20.0 Å². The second kappa shape index (κ2) is 7.63. The van der Waals surface area contributed by atoms with Crippen LogP contribution in [0.15, 0.2) is 29.2 Å². The second-order valence-corrected chi connectivity index (χ2v) is 6.39. The molecule has 8 heteroatoms. The van der Waals surface area contributed by atoms with E-state index in [1.165, 1.54) is 0 Å². The summed E-state index contributed by atoms with van der Waals surface area (Å²) in [4.78, 5) is 36.0. The first-order valence-electron chi connectivity index (χ1n) is 6.81. The van der Waals surface area contributed by atoms with Gasteiger partial charge in [0.15, 0.2) is 0 Å². The quantitative estimate of drug-likeness (QED) is 0.823. The van der Waals surface area contributed by atoms with E-state index < -0.39 is 17.1 Å². The van der Waals surface area contributed by atoms with Crippen molar-refractivity contribution in [3.05, 3.63) is 39.8 Å². The van der Waals surface area contributed by atoms with Gasteiger partial charge in [-0.3, -0.25) is 19.8 Å². The van der Waals surface area contributed by atoms with Gasteiger partial charge in [0.05, 0.1) is 11.0 Å². The Morgan fingerprint density at radius 2 is 2.00 bits per heavy atom. The minimum Gasteiger partial charge on any atom is -0.369 e. The first-order chi connectivity index (χ1) is 10.9. The third kappa shape index (κ3) is 4.82. The van der Waals surface area contributed by atoms with Crippen molar-refractivity contribution >= 4 is 46.5 Å². The number of nitrogens with zero attached hydrogens (tertiary/aromatic N) is 1. The molecular weight excluding hydrogens is 340 g/mol. The van der Waals surface area contributed by atoms with Gasteiger partial charge in [0, 0.05) is 5.02 Å². The van der Waals surface area contributed by atoms with Gasteiger partial charge in [-0.2, -0.15) is 5.01 Å². The number of thioether (sulfide) groups is 1. The number of benzene rings is 1. The molecule has 0 aliphatic carbocycles. The molecule has 0 unspecified atom stereocenters. The predicted molar refractivity (Wildman–Crippen MR) is 88.5 cm³/mol. The number of imide groups is 1. The van der Waals surface area contributed by atoms with Crippen molar-refractivity contribution in [1.29, 1.82) is 0 Å². The molecule has 1 aromatic carbocycles. The zero-order chi connectivity index (χ0) is 17.0. The molecule has 0 bridgehead atoms. The monoisotopic (exact) mass is 354 g/mol. The van der Waals surface area contributed by atoms with Crippen LogP contribution in [-0.2, 0) is 14.3 Å². The predicted octanol–water partition coefficient (Wildman–Crippen LogP) is 2.83. The largest absolute Gasteiger partial charge is 0.369 e. The van der Waals surface area contributed by atoms with E-state index in [1.807, 2.05) is 0 Å². The number of hydrazine groups is 1. The van der Waals surface area contributed by atoms with Crippen LogP contribution in [0.25, 0.3) is 6.08 Å². The van der Waals surface area contributed by atoms with Gasteiger partial charge in [0.25, 0.3) is 11.8 Å². The summed E-state index contributed by atoms with van der Waals surface area (Å²) >= 11 is 6.56. The van der Waals surface area contributed by atoms with Gasteiger partial charge in [0.2, 0.25) is 0 Å². The molecule has 0 radical (unpaired) electrons. The van der Waals surface area contributed by atoms with Crippen molar-refractivity contribution in [2.24, 2.45) is 0 Å². The summed E-state index contributed by atoms with van der Waals surface area (Å²) < 4.78 is 5.12. The van der Waals surface area contributed by atoms with Gasteiger partial charge in [-0.1, -0.05) is 23.7 Å². The normalized spacial score (nSPS) is 16.5. The number of nitrogens with one attached hydrogen (secondary N) is 1. The maximum Gasteiger partial charge on any atom is 0.312 e. The van der Waals surface area contributed by atoms with Crippen LogP contribution in [0, 0.1) is 0 Å². The summed E-state index contributed by atoms with van der Waals surface area (Å²) in [5, 5.41) is 0.708. The maximum atomic E-state index is 12.2. The SMILES string of the molecule is CC(C)OCC(=O)NN1C(=O)S/C(=C/c2ccc(Cl)cc2)C1=O. The summed E-state index contributed by atoms with van der Waals surface area (Å²) in [5.41, 5.74) is 2.98. The zero-order valence-electron chi connectivity index (χ0n) is 12.5. The Hall–Kier alpha value is -1.83. The van der Waals surface area contributed by atoms with Crippen molar-refractivity contribution in [1.82, 2.24) is 10.4 Å². The molecule has 0 atom stereocenters. The van der Waals surface area contributed by atoms with E-state index in [0.717, 1.165) is 17.3 Å². The Morgan fingerprint density at radius 1 is 1.35 bits per heavy atom. The third-order valence-electron chi connectivity index (χ3n) is 2.75. The molecule has 1 N–H and O–H groups in total. The van der Waals surface area contributed by atoms with Crippen LogP contribution in [-0.4, -0.2) is 34.8 Å². The van der Waals surface area contributed by atoms with E-state index in [9.17, 15) is 14.4 Å². The molecule has 1 saturated heterocycles. The van der Waals surface area contributed by atoms with Gasteiger partial charge in [-0.05, 0) is 49.4 Å². The molecule has 0 aromatic heterocycles. The summed E-state index contributed by atoms with van der Waals surface area (Å²) in [5.74, 6) is -1.14. The molecule has 1 aliphatic rings. The Morgan fingerprint density at radius 3 is 2.61 bits per heavy atom. The van der Waals surface area contributed by atoms with Crippen molar-refractivity contribution in [2.75, 3.05) is 6.61 Å². The van der Waals surface area contributed by atoms with Crippen LogP contribution in [0.4, 0.5) is 4.79 Å². The van der Waals surface area contributed by atoms with Gasteiger partial charge in [-0.25, -0.2) is 0 Å². The number of carbonyl (C=O) groups is 3. The molecular formula is C15H15ClN2O4S. The molecule has 1 fully saturated rings. The molecule has 1 aromatic rings. The minimum absolute atomic E-state index is 0.125. The fraction of sp³-hybridized carbons (Fsp3) is 0.267. The standard InChI is InChI=1S/C15H15ClN2O4S/c1-9(2)22-8-13(19)17-18-14(20)12(23-15(18)21)7-10-3-5-11(16)6-4-10/h3-7,9H,8H2,1-2H3,(H,17,19)/b12-7+. The smallest absolute Gasteiger partial charge is 0.312 e. The first kappa shape index (κ1) is 17.5. The first-order valence-corrected chi connectivity index (χ1v) is 8.01. The average molecular weight is 355 g/mol. The van der Waals surface area contributed by atoms with Crippen LogP contribution in [0.1, 0.15) is 19.4 Å². The lowest BCUT2D eigenvalue weighted by molar-refractivity contribution is -0.137. The zero-order valence-corrected chi connectivity index (χ0v) is 14.1. The van der Waals surface area contributed by atoms with Crippen molar-refractivity contribution in [3.63, 3.8) is 0 Å². The Bertz CT molecular complexity index is 658. The van der Waals surface area contributed by atoms with E-state index in [-0.39, 0.29) is 17.6 Å². The Balaban J connectivity index is 2.04. The molecule has 2 rings (SSSR count). The van der Waals surface area contributed by atoms with E-state index in [0.29, 0.717) is 10.0 Å². The lowest BCUT2D eigenvalue weighted by atomic mass is 10.2. The molecule has 0 saturated carbocycles. The highest BCUT2D eigenvalue weighted by Gasteiger charge is 2.36. The minimum atomic E-state index is -0.576. The number of ether oxygens (including phenoxy) is 1. The molecule has 23 heavy (non-hydrogen) atoms. The Labute approximate surface area is 142 Å². The summed E-state index contributed by atoms with van der Waals surface area (Å²) in [6, 6.07) is 6.82. The maximum absolute atomic E-state index is 12.2. The van der Waals surface area contributed by atoms with E-state index in [2.05, 4.69) is 5.43 Å². The molecule has 1 aliphatic heterocycles. The molecule has 3 amide bonds. The second-order valence-electron chi connectivity index (χ2n) is 4.96. The van der Waals surface area contributed by atoms with Gasteiger partial charge in [-0.15, -0.1) is 0 Å². The van der Waals surface area contributed by atoms with Gasteiger partial charge in [0.1, 0.15) is 6.61 Å². The highest BCUT2D eigenvalue weighted by Crippen LogP contribution is 2.31. The number of carbonyl (C=O) groups excluding carboxylic acids is 3. The highest BCUT2D eigenvalue weighted by molar-refractivity contribution is 8.18. The Kier molecular flexibility index (Phi) is 5.81. The van der Waals surface area contributed by atoms with Crippen molar-refractivity contribution < 1.29 is 19.1 Å². The van der Waals surface area contributed by atoms with Crippen LogP contribution in [0.5, 0.6) is 0 Å². The summed E-state index contributed by atoms with van der Waals surface area (Å²) in [6.07, 6.45) is 1.44. The van der Waals surface area contributed by atoms with Crippen LogP contribution in [0.3, 0.4) is 0 Å². The van der Waals surface area contributed by atoms with E-state index in [4.69, 9.17) is 16.3 Å². The molecule has 0 spiro atoms. The summed E-state index contributed by atoms with van der Waals surface area (Å²) in [7, 11) is 0. The fourth-order valence-electron chi connectivity index (χ4n) is 1.67. The lowest BCUT2D eigenvalue weighted by Gasteiger charge is -2.14. The van der Waals surface area contributed by atoms with E-state index in [1.54, 1.807) is 44.2 Å². The fourth-order valence-corrected chi connectivity index (χ4v) is 2.58. The summed E-state index contributed by atoms with van der Waals surface area (Å²) in [6.45, 7) is 3.33. The lowest BCUT2D eigenvalue weighted by Crippen LogP contribution is -2.46. The molecule has 122 valence electrons. The number of amides is 3. The van der Waals surface area contributed by atoms with E-state index >= 15 is 0 Å². The number of halogens is 1. The van der Waals surface area contributed by atoms with Crippen molar-refractivity contribution in [3.8, 4) is 0 Å². The van der Waals surface area contributed by atoms with Gasteiger partial charge >= 0.3 is 5.24 Å².